The summed E-state index contributed by atoms with van der Waals surface area (Å²) in [5, 5.41) is 11.9. The van der Waals surface area contributed by atoms with Gasteiger partial charge >= 0.3 is 5.97 Å². The van der Waals surface area contributed by atoms with Crippen molar-refractivity contribution in [2.24, 2.45) is 0 Å². The van der Waals surface area contributed by atoms with Gasteiger partial charge in [-0.15, -0.1) is 0 Å². The highest BCUT2D eigenvalue weighted by Crippen LogP contribution is 2.04. The van der Waals surface area contributed by atoms with Crippen molar-refractivity contribution in [1.82, 2.24) is 5.32 Å². The number of rotatable bonds is 10. The SMILES string of the molecule is CCCOCCOCC(C)(NCC)C(=O)O. The van der Waals surface area contributed by atoms with Gasteiger partial charge in [-0.25, -0.2) is 0 Å². The molecule has 0 aromatic heterocycles. The summed E-state index contributed by atoms with van der Waals surface area (Å²) >= 11 is 0. The number of aliphatic carboxylic acids is 1. The maximum absolute atomic E-state index is 11.0. The zero-order chi connectivity index (χ0) is 12.4. The van der Waals surface area contributed by atoms with E-state index in [0.29, 0.717) is 26.4 Å². The van der Waals surface area contributed by atoms with Crippen LogP contribution in [0.2, 0.25) is 0 Å². The van der Waals surface area contributed by atoms with Crippen LogP contribution in [0.5, 0.6) is 0 Å². The molecule has 0 bridgehead atoms. The number of carboxylic acids is 1. The van der Waals surface area contributed by atoms with Crippen LogP contribution in [0.15, 0.2) is 0 Å². The molecule has 5 heteroatoms. The van der Waals surface area contributed by atoms with E-state index in [9.17, 15) is 4.79 Å². The molecule has 0 aromatic rings. The summed E-state index contributed by atoms with van der Waals surface area (Å²) in [5.41, 5.74) is -1.01. The van der Waals surface area contributed by atoms with Gasteiger partial charge in [0.15, 0.2) is 0 Å². The first kappa shape index (κ1) is 15.3. The molecule has 0 aliphatic rings. The fourth-order valence-corrected chi connectivity index (χ4v) is 1.22. The molecule has 16 heavy (non-hydrogen) atoms. The van der Waals surface area contributed by atoms with Crippen LogP contribution in [0.4, 0.5) is 0 Å². The third-order valence-corrected chi connectivity index (χ3v) is 2.15. The number of ether oxygens (including phenoxy) is 2. The van der Waals surface area contributed by atoms with Gasteiger partial charge in [0.05, 0.1) is 19.8 Å². The Balaban J connectivity index is 3.73. The maximum atomic E-state index is 11.0. The van der Waals surface area contributed by atoms with E-state index in [1.54, 1.807) is 6.92 Å². The lowest BCUT2D eigenvalue weighted by Gasteiger charge is -2.25. The topological polar surface area (TPSA) is 67.8 Å². The van der Waals surface area contributed by atoms with Crippen LogP contribution in [0.1, 0.15) is 27.2 Å². The normalized spacial score (nSPS) is 14.7. The fourth-order valence-electron chi connectivity index (χ4n) is 1.22. The van der Waals surface area contributed by atoms with Gasteiger partial charge in [-0.2, -0.15) is 0 Å². The van der Waals surface area contributed by atoms with E-state index in [1.807, 2.05) is 13.8 Å². The number of nitrogens with one attached hydrogen (secondary N) is 1. The summed E-state index contributed by atoms with van der Waals surface area (Å²) in [6.45, 7) is 7.91. The smallest absolute Gasteiger partial charge is 0.326 e. The summed E-state index contributed by atoms with van der Waals surface area (Å²) in [4.78, 5) is 11.0. The van der Waals surface area contributed by atoms with Gasteiger partial charge in [-0.3, -0.25) is 4.79 Å². The predicted octanol–water partition coefficient (Wildman–Crippen LogP) is 0.882. The largest absolute Gasteiger partial charge is 0.480 e. The van der Waals surface area contributed by atoms with Crippen molar-refractivity contribution in [2.75, 3.05) is 33.0 Å². The zero-order valence-corrected chi connectivity index (χ0v) is 10.4. The molecular formula is C11H23NO4. The van der Waals surface area contributed by atoms with Gasteiger partial charge in [0.2, 0.25) is 0 Å². The van der Waals surface area contributed by atoms with E-state index in [2.05, 4.69) is 5.32 Å². The molecule has 0 heterocycles. The average molecular weight is 233 g/mol. The fraction of sp³-hybridized carbons (Fsp3) is 0.909. The molecule has 0 aliphatic carbocycles. The lowest BCUT2D eigenvalue weighted by atomic mass is 10.0. The molecule has 0 radical (unpaired) electrons. The first-order chi connectivity index (χ1) is 7.56. The van der Waals surface area contributed by atoms with Gasteiger partial charge in [-0.05, 0) is 19.9 Å². The number of likely N-dealkylation sites (N-methyl/N-ethyl adjacent to an activating group) is 1. The Morgan fingerprint density at radius 2 is 1.88 bits per heavy atom. The predicted molar refractivity (Wildman–Crippen MR) is 61.6 cm³/mol. The quantitative estimate of drug-likeness (QED) is 0.548. The Labute approximate surface area is 97.1 Å². The molecule has 0 saturated carbocycles. The zero-order valence-electron chi connectivity index (χ0n) is 10.4. The second kappa shape index (κ2) is 8.50. The summed E-state index contributed by atoms with van der Waals surface area (Å²) in [5.74, 6) is -0.899. The van der Waals surface area contributed by atoms with E-state index in [-0.39, 0.29) is 6.61 Å². The van der Waals surface area contributed by atoms with Gasteiger partial charge in [0.25, 0.3) is 0 Å². The Kier molecular flexibility index (Phi) is 8.15. The van der Waals surface area contributed by atoms with Gasteiger partial charge in [0, 0.05) is 6.61 Å². The highest BCUT2D eigenvalue weighted by molar-refractivity contribution is 5.78. The molecule has 2 N–H and O–H groups in total. The standard InChI is InChI=1S/C11H23NO4/c1-4-6-15-7-8-16-9-11(3,10(13)14)12-5-2/h12H,4-9H2,1-3H3,(H,13,14). The Bertz CT molecular complexity index is 198. The van der Waals surface area contributed by atoms with Crippen LogP contribution in [-0.4, -0.2) is 49.6 Å². The summed E-state index contributed by atoms with van der Waals surface area (Å²) in [6, 6.07) is 0. The van der Waals surface area contributed by atoms with E-state index in [0.717, 1.165) is 6.42 Å². The molecular weight excluding hydrogens is 210 g/mol. The van der Waals surface area contributed by atoms with Crippen molar-refractivity contribution in [3.63, 3.8) is 0 Å². The highest BCUT2D eigenvalue weighted by Gasteiger charge is 2.32. The average Bonchev–Trinajstić information content (AvgIpc) is 2.23. The Morgan fingerprint density at radius 3 is 2.38 bits per heavy atom. The lowest BCUT2D eigenvalue weighted by Crippen LogP contribution is -2.53. The van der Waals surface area contributed by atoms with Crippen molar-refractivity contribution in [3.8, 4) is 0 Å². The molecule has 96 valence electrons. The lowest BCUT2D eigenvalue weighted by molar-refractivity contribution is -0.147. The molecule has 0 amide bonds. The molecule has 5 nitrogen and oxygen atoms in total. The first-order valence-corrected chi connectivity index (χ1v) is 5.70. The molecule has 1 atom stereocenters. The molecule has 0 fully saturated rings. The molecule has 1 unspecified atom stereocenters. The Hall–Kier alpha value is -0.650. The minimum atomic E-state index is -1.01. The minimum Gasteiger partial charge on any atom is -0.480 e. The Morgan fingerprint density at radius 1 is 1.25 bits per heavy atom. The molecule has 0 saturated heterocycles. The molecule has 0 spiro atoms. The number of hydrogen-bond donors (Lipinski definition) is 2. The highest BCUT2D eigenvalue weighted by atomic mass is 16.5. The van der Waals surface area contributed by atoms with Crippen molar-refractivity contribution in [2.45, 2.75) is 32.7 Å². The first-order valence-electron chi connectivity index (χ1n) is 5.70. The van der Waals surface area contributed by atoms with Crippen LogP contribution < -0.4 is 5.32 Å². The van der Waals surface area contributed by atoms with E-state index < -0.39 is 11.5 Å². The molecule has 0 rings (SSSR count). The number of carbonyl (C=O) groups is 1. The van der Waals surface area contributed by atoms with Crippen molar-refractivity contribution in [1.29, 1.82) is 0 Å². The van der Waals surface area contributed by atoms with E-state index >= 15 is 0 Å². The van der Waals surface area contributed by atoms with Gasteiger partial charge in [0.1, 0.15) is 5.54 Å². The van der Waals surface area contributed by atoms with Crippen molar-refractivity contribution < 1.29 is 19.4 Å². The minimum absolute atomic E-state index is 0.145. The van der Waals surface area contributed by atoms with Crippen LogP contribution in [-0.2, 0) is 14.3 Å². The van der Waals surface area contributed by atoms with Gasteiger partial charge < -0.3 is 19.9 Å². The van der Waals surface area contributed by atoms with E-state index in [4.69, 9.17) is 14.6 Å². The number of carboxylic acid groups (broad SMARTS) is 1. The summed E-state index contributed by atoms with van der Waals surface area (Å²) < 4.78 is 10.5. The van der Waals surface area contributed by atoms with Crippen LogP contribution >= 0.6 is 0 Å². The van der Waals surface area contributed by atoms with Crippen LogP contribution in [0, 0.1) is 0 Å². The van der Waals surface area contributed by atoms with E-state index in [1.165, 1.54) is 0 Å². The third kappa shape index (κ3) is 6.05. The second-order valence-corrected chi connectivity index (χ2v) is 3.83. The van der Waals surface area contributed by atoms with Crippen LogP contribution in [0.3, 0.4) is 0 Å². The summed E-state index contributed by atoms with van der Waals surface area (Å²) in [6.07, 6.45) is 0.976. The monoisotopic (exact) mass is 233 g/mol. The molecule has 0 aliphatic heterocycles. The van der Waals surface area contributed by atoms with Crippen molar-refractivity contribution >= 4 is 5.97 Å². The van der Waals surface area contributed by atoms with Crippen LogP contribution in [0.25, 0.3) is 0 Å². The van der Waals surface area contributed by atoms with Crippen molar-refractivity contribution in [3.05, 3.63) is 0 Å². The number of hydrogen-bond acceptors (Lipinski definition) is 4. The summed E-state index contributed by atoms with van der Waals surface area (Å²) in [7, 11) is 0. The third-order valence-electron chi connectivity index (χ3n) is 2.15. The molecule has 0 aromatic carbocycles. The van der Waals surface area contributed by atoms with Gasteiger partial charge in [-0.1, -0.05) is 13.8 Å². The maximum Gasteiger partial charge on any atom is 0.326 e. The second-order valence-electron chi connectivity index (χ2n) is 3.83.